The fourth-order valence-corrected chi connectivity index (χ4v) is 2.19. The topological polar surface area (TPSA) is 70.5 Å². The summed E-state index contributed by atoms with van der Waals surface area (Å²) in [6.07, 6.45) is 6.48. The molecule has 1 amide bonds. The molecule has 0 radical (unpaired) electrons. The smallest absolute Gasteiger partial charge is 0.328 e. The van der Waals surface area contributed by atoms with Crippen molar-refractivity contribution in [3.05, 3.63) is 35.7 Å². The van der Waals surface area contributed by atoms with Crippen LogP contribution in [-0.4, -0.2) is 40.0 Å². The van der Waals surface area contributed by atoms with E-state index in [2.05, 4.69) is 11.9 Å². The number of hydrogen-bond acceptors (Lipinski definition) is 3. The minimum absolute atomic E-state index is 0.0585. The van der Waals surface area contributed by atoms with Crippen LogP contribution in [0.5, 0.6) is 0 Å². The average molecular weight is 260 g/mol. The van der Waals surface area contributed by atoms with Gasteiger partial charge in [0.2, 0.25) is 0 Å². The molecular weight excluding hydrogens is 244 g/mol. The third kappa shape index (κ3) is 3.19. The van der Waals surface area contributed by atoms with Crippen LogP contribution < -0.4 is 0 Å². The maximum Gasteiger partial charge on any atom is 0.328 e. The molecule has 5 heteroatoms. The first-order chi connectivity index (χ1) is 9.08. The van der Waals surface area contributed by atoms with Crippen LogP contribution in [0.15, 0.2) is 24.5 Å². The van der Waals surface area contributed by atoms with Crippen LogP contribution in [0.25, 0.3) is 6.08 Å². The van der Waals surface area contributed by atoms with E-state index >= 15 is 0 Å². The van der Waals surface area contributed by atoms with Gasteiger partial charge in [0.05, 0.1) is 0 Å². The van der Waals surface area contributed by atoms with Crippen molar-refractivity contribution in [1.29, 1.82) is 0 Å². The SMILES string of the molecule is CC1CCN(C(=O)c2ccncc2C=CC(=O)O)C1. The third-order valence-electron chi connectivity index (χ3n) is 3.20. The average Bonchev–Trinajstić information content (AvgIpc) is 2.82. The van der Waals surface area contributed by atoms with Crippen LogP contribution in [0.1, 0.15) is 29.3 Å². The van der Waals surface area contributed by atoms with Crippen molar-refractivity contribution in [1.82, 2.24) is 9.88 Å². The molecule has 2 heterocycles. The monoisotopic (exact) mass is 260 g/mol. The normalized spacial score (nSPS) is 19.0. The molecule has 0 saturated carbocycles. The molecule has 1 saturated heterocycles. The van der Waals surface area contributed by atoms with E-state index < -0.39 is 5.97 Å². The molecule has 1 aromatic heterocycles. The first-order valence-corrected chi connectivity index (χ1v) is 6.22. The van der Waals surface area contributed by atoms with Crippen LogP contribution >= 0.6 is 0 Å². The lowest BCUT2D eigenvalue weighted by molar-refractivity contribution is -0.131. The summed E-state index contributed by atoms with van der Waals surface area (Å²) in [5.41, 5.74) is 1.04. The highest BCUT2D eigenvalue weighted by Crippen LogP contribution is 2.19. The Kier molecular flexibility index (Phi) is 3.94. The van der Waals surface area contributed by atoms with Crippen molar-refractivity contribution in [3.8, 4) is 0 Å². The van der Waals surface area contributed by atoms with E-state index in [0.29, 0.717) is 17.0 Å². The maximum absolute atomic E-state index is 12.4. The van der Waals surface area contributed by atoms with E-state index in [-0.39, 0.29) is 5.91 Å². The summed E-state index contributed by atoms with van der Waals surface area (Å²) in [5, 5.41) is 8.65. The highest BCUT2D eigenvalue weighted by atomic mass is 16.4. The number of carbonyl (C=O) groups is 2. The molecule has 1 N–H and O–H groups in total. The Hall–Kier alpha value is -2.17. The molecule has 0 aliphatic carbocycles. The van der Waals surface area contributed by atoms with Gasteiger partial charge in [-0.15, -0.1) is 0 Å². The Morgan fingerprint density at radius 2 is 2.32 bits per heavy atom. The second kappa shape index (κ2) is 5.65. The molecule has 0 spiro atoms. The van der Waals surface area contributed by atoms with Crippen molar-refractivity contribution in [3.63, 3.8) is 0 Å². The van der Waals surface area contributed by atoms with E-state index in [4.69, 9.17) is 5.11 Å². The molecule has 19 heavy (non-hydrogen) atoms. The fraction of sp³-hybridized carbons (Fsp3) is 0.357. The summed E-state index contributed by atoms with van der Waals surface area (Å²) in [6, 6.07) is 1.63. The van der Waals surface area contributed by atoms with Gasteiger partial charge in [-0.05, 0) is 24.5 Å². The largest absolute Gasteiger partial charge is 0.478 e. The van der Waals surface area contributed by atoms with Gasteiger partial charge in [-0.2, -0.15) is 0 Å². The molecule has 100 valence electrons. The minimum atomic E-state index is -1.04. The van der Waals surface area contributed by atoms with Gasteiger partial charge in [-0.3, -0.25) is 9.78 Å². The summed E-state index contributed by atoms with van der Waals surface area (Å²) in [7, 11) is 0. The summed E-state index contributed by atoms with van der Waals surface area (Å²) < 4.78 is 0. The summed E-state index contributed by atoms with van der Waals surface area (Å²) in [6.45, 7) is 3.62. The third-order valence-corrected chi connectivity index (χ3v) is 3.20. The first kappa shape index (κ1) is 13.3. The van der Waals surface area contributed by atoms with Crippen molar-refractivity contribution in [2.45, 2.75) is 13.3 Å². The van der Waals surface area contributed by atoms with Gasteiger partial charge in [-0.25, -0.2) is 4.79 Å². The molecule has 5 nitrogen and oxygen atoms in total. The van der Waals surface area contributed by atoms with Crippen LogP contribution in [0.3, 0.4) is 0 Å². The number of rotatable bonds is 3. The lowest BCUT2D eigenvalue weighted by atomic mass is 10.1. The number of aromatic nitrogens is 1. The zero-order valence-electron chi connectivity index (χ0n) is 10.7. The number of pyridine rings is 1. The second-order valence-electron chi connectivity index (χ2n) is 4.78. The van der Waals surface area contributed by atoms with Crippen LogP contribution in [0.2, 0.25) is 0 Å². The zero-order chi connectivity index (χ0) is 13.8. The van der Waals surface area contributed by atoms with Gasteiger partial charge < -0.3 is 10.0 Å². The Morgan fingerprint density at radius 1 is 1.53 bits per heavy atom. The van der Waals surface area contributed by atoms with Crippen molar-refractivity contribution in [2.24, 2.45) is 5.92 Å². The first-order valence-electron chi connectivity index (χ1n) is 6.22. The molecule has 1 aliphatic heterocycles. The standard InChI is InChI=1S/C14H16N2O3/c1-10-5-7-16(9-10)14(19)12-4-6-15-8-11(12)2-3-13(17)18/h2-4,6,8,10H,5,7,9H2,1H3,(H,17,18). The molecule has 1 unspecified atom stereocenters. The molecule has 1 fully saturated rings. The van der Waals surface area contributed by atoms with E-state index in [9.17, 15) is 9.59 Å². The number of amides is 1. The zero-order valence-corrected chi connectivity index (χ0v) is 10.7. The molecule has 0 bridgehead atoms. The predicted molar refractivity (Wildman–Crippen MR) is 70.6 cm³/mol. The van der Waals surface area contributed by atoms with Gasteiger partial charge in [-0.1, -0.05) is 6.92 Å². The van der Waals surface area contributed by atoms with E-state index in [1.807, 2.05) is 0 Å². The van der Waals surface area contributed by atoms with Gasteiger partial charge in [0, 0.05) is 42.7 Å². The van der Waals surface area contributed by atoms with E-state index in [1.165, 1.54) is 12.3 Å². The summed E-state index contributed by atoms with van der Waals surface area (Å²) >= 11 is 0. The van der Waals surface area contributed by atoms with E-state index in [1.54, 1.807) is 17.2 Å². The Labute approximate surface area is 111 Å². The molecule has 1 aromatic rings. The van der Waals surface area contributed by atoms with Crippen molar-refractivity contribution >= 4 is 18.0 Å². The van der Waals surface area contributed by atoms with Crippen molar-refractivity contribution in [2.75, 3.05) is 13.1 Å². The van der Waals surface area contributed by atoms with E-state index in [0.717, 1.165) is 25.6 Å². The van der Waals surface area contributed by atoms with Gasteiger partial charge >= 0.3 is 5.97 Å². The molecule has 1 aliphatic rings. The Bertz CT molecular complexity index is 525. The van der Waals surface area contributed by atoms with Crippen molar-refractivity contribution < 1.29 is 14.7 Å². The number of hydrogen-bond donors (Lipinski definition) is 1. The molecule has 1 atom stereocenters. The van der Waals surface area contributed by atoms with Gasteiger partial charge in [0.15, 0.2) is 0 Å². The Morgan fingerprint density at radius 3 is 2.95 bits per heavy atom. The summed E-state index contributed by atoms with van der Waals surface area (Å²) in [5.74, 6) is -0.586. The van der Waals surface area contributed by atoms with Crippen LogP contribution in [-0.2, 0) is 4.79 Å². The minimum Gasteiger partial charge on any atom is -0.478 e. The molecular formula is C14H16N2O3. The second-order valence-corrected chi connectivity index (χ2v) is 4.78. The molecule has 0 aromatic carbocycles. The summed E-state index contributed by atoms with van der Waals surface area (Å²) in [4.78, 5) is 28.7. The van der Waals surface area contributed by atoms with Gasteiger partial charge in [0.25, 0.3) is 5.91 Å². The lowest BCUT2D eigenvalue weighted by Gasteiger charge is -2.17. The number of nitrogens with zero attached hydrogens (tertiary/aromatic N) is 2. The number of likely N-dealkylation sites (tertiary alicyclic amines) is 1. The Balaban J connectivity index is 2.24. The number of aliphatic carboxylic acids is 1. The highest BCUT2D eigenvalue weighted by Gasteiger charge is 2.25. The van der Waals surface area contributed by atoms with Gasteiger partial charge in [0.1, 0.15) is 0 Å². The number of carboxylic acids is 1. The fourth-order valence-electron chi connectivity index (χ4n) is 2.19. The predicted octanol–water partition coefficient (Wildman–Crippen LogP) is 1.66. The van der Waals surface area contributed by atoms with Crippen LogP contribution in [0, 0.1) is 5.92 Å². The van der Waals surface area contributed by atoms with Crippen LogP contribution in [0.4, 0.5) is 0 Å². The number of carbonyl (C=O) groups excluding carboxylic acids is 1. The molecule has 2 rings (SSSR count). The highest BCUT2D eigenvalue weighted by molar-refractivity contribution is 5.98. The lowest BCUT2D eigenvalue weighted by Crippen LogP contribution is -2.29. The number of carboxylic acid groups (broad SMARTS) is 1. The quantitative estimate of drug-likeness (QED) is 0.839. The maximum atomic E-state index is 12.4.